The van der Waals surface area contributed by atoms with E-state index in [-0.39, 0.29) is 39.1 Å². The van der Waals surface area contributed by atoms with Crippen LogP contribution in [0.5, 0.6) is 0 Å². The summed E-state index contributed by atoms with van der Waals surface area (Å²) >= 11 is 0. The molecule has 0 bridgehead atoms. The van der Waals surface area contributed by atoms with Crippen LogP contribution >= 0.6 is 0 Å². The van der Waals surface area contributed by atoms with E-state index >= 15 is 0 Å². The Kier molecular flexibility index (Phi) is 4.99. The van der Waals surface area contributed by atoms with Crippen LogP contribution in [0.1, 0.15) is 113 Å². The number of aliphatic hydroxyl groups is 1. The van der Waals surface area contributed by atoms with Gasteiger partial charge in [-0.25, -0.2) is 0 Å². The maximum absolute atomic E-state index is 12.8. The predicted octanol–water partition coefficient (Wildman–Crippen LogP) is 7.23. The highest BCUT2D eigenvalue weighted by molar-refractivity contribution is 5.76. The first-order chi connectivity index (χ1) is 15.1. The molecule has 0 aromatic rings. The van der Waals surface area contributed by atoms with Gasteiger partial charge in [0, 0.05) is 0 Å². The monoisotopic (exact) mass is 456 g/mol. The number of hydrogen-bond donors (Lipinski definition) is 2. The van der Waals surface area contributed by atoms with E-state index in [0.29, 0.717) is 11.8 Å². The van der Waals surface area contributed by atoms with E-state index in [2.05, 4.69) is 54.5 Å². The van der Waals surface area contributed by atoms with Crippen molar-refractivity contribution >= 4 is 5.97 Å². The summed E-state index contributed by atoms with van der Waals surface area (Å²) in [6, 6.07) is 0. The van der Waals surface area contributed by atoms with Gasteiger partial charge in [0.25, 0.3) is 0 Å². The van der Waals surface area contributed by atoms with Gasteiger partial charge in [0.2, 0.25) is 0 Å². The highest BCUT2D eigenvalue weighted by Crippen LogP contribution is 2.75. The van der Waals surface area contributed by atoms with E-state index < -0.39 is 11.4 Å². The number of carboxylic acid groups (broad SMARTS) is 1. The molecular formula is C30H48O3. The molecule has 0 amide bonds. The van der Waals surface area contributed by atoms with Crippen LogP contribution in [0, 0.1) is 50.2 Å². The van der Waals surface area contributed by atoms with E-state index in [9.17, 15) is 15.0 Å². The Morgan fingerprint density at radius 1 is 0.818 bits per heavy atom. The van der Waals surface area contributed by atoms with Gasteiger partial charge in [-0.15, -0.1) is 0 Å². The quantitative estimate of drug-likeness (QED) is 0.409. The lowest BCUT2D eigenvalue weighted by molar-refractivity contribution is -0.189. The van der Waals surface area contributed by atoms with Crippen LogP contribution in [0.25, 0.3) is 0 Å². The van der Waals surface area contributed by atoms with Crippen LogP contribution in [-0.2, 0) is 4.79 Å². The zero-order valence-electron chi connectivity index (χ0n) is 22.3. The summed E-state index contributed by atoms with van der Waals surface area (Å²) in [7, 11) is 0. The Morgan fingerprint density at radius 3 is 2.06 bits per heavy atom. The van der Waals surface area contributed by atoms with Crippen molar-refractivity contribution in [2.45, 2.75) is 119 Å². The first-order valence-corrected chi connectivity index (χ1v) is 13.8. The van der Waals surface area contributed by atoms with E-state index in [0.717, 1.165) is 44.9 Å². The number of carbonyl (C=O) groups is 1. The molecule has 3 heteroatoms. The fraction of sp³-hybridized carbons (Fsp3) is 0.900. The van der Waals surface area contributed by atoms with Gasteiger partial charge in [-0.05, 0) is 109 Å². The molecule has 4 saturated carbocycles. The Balaban J connectivity index is 1.59. The van der Waals surface area contributed by atoms with Gasteiger partial charge in [-0.2, -0.15) is 0 Å². The number of carboxylic acids is 1. The average Bonchev–Trinajstić information content (AvgIpc) is 2.70. The van der Waals surface area contributed by atoms with Gasteiger partial charge in [-0.3, -0.25) is 4.79 Å². The molecule has 0 saturated heterocycles. The van der Waals surface area contributed by atoms with Gasteiger partial charge in [-0.1, -0.05) is 60.1 Å². The predicted molar refractivity (Wildman–Crippen MR) is 133 cm³/mol. The standard InChI is InChI=1S/C30H48O3/c1-25(2)16-17-30(24(32)33)15-10-21-28(6)12-8-19-26(3,4)23(31)11-14-27(19,5)20(28)9-13-29(21,7)22(30)18-25/h10,19-20,22-23,31H,8-9,11-18H2,1-7H3,(H,32,33)/t19-,20+,22-,23+,27-,28+,29+,30+/m0/s1. The number of allylic oxidation sites excluding steroid dienone is 2. The second kappa shape index (κ2) is 6.89. The molecule has 5 aliphatic rings. The minimum atomic E-state index is -0.574. The van der Waals surface area contributed by atoms with Crippen molar-refractivity contribution in [1.29, 1.82) is 0 Å². The zero-order valence-corrected chi connectivity index (χ0v) is 22.3. The van der Waals surface area contributed by atoms with Crippen LogP contribution in [-0.4, -0.2) is 22.3 Å². The molecule has 5 aliphatic carbocycles. The molecule has 2 N–H and O–H groups in total. The zero-order chi connectivity index (χ0) is 24.2. The molecule has 3 nitrogen and oxygen atoms in total. The van der Waals surface area contributed by atoms with Gasteiger partial charge in [0.15, 0.2) is 0 Å². The summed E-state index contributed by atoms with van der Waals surface area (Å²) in [6.07, 6.45) is 12.6. The maximum Gasteiger partial charge on any atom is 0.310 e. The minimum Gasteiger partial charge on any atom is -0.481 e. The van der Waals surface area contributed by atoms with Crippen molar-refractivity contribution < 1.29 is 15.0 Å². The van der Waals surface area contributed by atoms with Gasteiger partial charge in [0.05, 0.1) is 11.5 Å². The molecule has 5 rings (SSSR count). The smallest absolute Gasteiger partial charge is 0.310 e. The SMILES string of the molecule is CC1(C)CC[C@]2(C(=O)O)CC=C3[C@]4(C)CC[C@H]5C(C)(C)[C@H](O)CC[C@]5(C)[C@H]4CC[C@@]3(C)[C@@H]2C1. The number of aliphatic carboxylic acids is 1. The van der Waals surface area contributed by atoms with Crippen LogP contribution < -0.4 is 0 Å². The minimum absolute atomic E-state index is 0.00747. The average molecular weight is 457 g/mol. The van der Waals surface area contributed by atoms with Gasteiger partial charge >= 0.3 is 5.97 Å². The van der Waals surface area contributed by atoms with E-state index in [4.69, 9.17) is 0 Å². The molecule has 0 aliphatic heterocycles. The van der Waals surface area contributed by atoms with Gasteiger partial charge in [0.1, 0.15) is 0 Å². The highest BCUT2D eigenvalue weighted by atomic mass is 16.4. The molecule has 0 radical (unpaired) electrons. The van der Waals surface area contributed by atoms with Crippen molar-refractivity contribution in [3.05, 3.63) is 11.6 Å². The van der Waals surface area contributed by atoms with E-state index in [1.54, 1.807) is 5.57 Å². The van der Waals surface area contributed by atoms with Crippen LogP contribution in [0.2, 0.25) is 0 Å². The summed E-state index contributed by atoms with van der Waals surface area (Å²) in [5.74, 6) is 0.875. The van der Waals surface area contributed by atoms with Crippen molar-refractivity contribution in [1.82, 2.24) is 0 Å². The molecule has 0 unspecified atom stereocenters. The van der Waals surface area contributed by atoms with Crippen LogP contribution in [0.4, 0.5) is 0 Å². The molecular weight excluding hydrogens is 408 g/mol. The Labute approximate surface area is 201 Å². The third-order valence-corrected chi connectivity index (χ3v) is 12.7. The Hall–Kier alpha value is -0.830. The fourth-order valence-corrected chi connectivity index (χ4v) is 10.9. The molecule has 4 fully saturated rings. The van der Waals surface area contributed by atoms with Crippen molar-refractivity contribution in [3.8, 4) is 0 Å². The number of rotatable bonds is 1. The summed E-state index contributed by atoms with van der Waals surface area (Å²) in [4.78, 5) is 12.8. The molecule has 0 heterocycles. The summed E-state index contributed by atoms with van der Waals surface area (Å²) in [6.45, 7) is 16.9. The third-order valence-electron chi connectivity index (χ3n) is 12.7. The lowest BCUT2D eigenvalue weighted by atomic mass is 9.34. The summed E-state index contributed by atoms with van der Waals surface area (Å²) < 4.78 is 0. The lowest BCUT2D eigenvalue weighted by Gasteiger charge is -2.70. The van der Waals surface area contributed by atoms with Gasteiger partial charge < -0.3 is 10.2 Å². The molecule has 186 valence electrons. The second-order valence-electron chi connectivity index (χ2n) is 15.1. The summed E-state index contributed by atoms with van der Waals surface area (Å²) in [5.41, 5.74) is 1.64. The summed E-state index contributed by atoms with van der Waals surface area (Å²) in [5, 5.41) is 21.4. The highest BCUT2D eigenvalue weighted by Gasteiger charge is 2.68. The van der Waals surface area contributed by atoms with Crippen molar-refractivity contribution in [3.63, 3.8) is 0 Å². The van der Waals surface area contributed by atoms with Crippen LogP contribution in [0.15, 0.2) is 11.6 Å². The number of hydrogen-bond acceptors (Lipinski definition) is 2. The first-order valence-electron chi connectivity index (χ1n) is 13.8. The normalized spacial score (nSPS) is 52.4. The first kappa shape index (κ1) is 23.9. The molecule has 8 atom stereocenters. The maximum atomic E-state index is 12.8. The Bertz CT molecular complexity index is 885. The molecule has 33 heavy (non-hydrogen) atoms. The van der Waals surface area contributed by atoms with E-state index in [1.807, 2.05) is 0 Å². The molecule has 0 spiro atoms. The lowest BCUT2D eigenvalue weighted by Crippen LogP contribution is -2.64. The second-order valence-corrected chi connectivity index (χ2v) is 15.1. The molecule has 0 aromatic carbocycles. The largest absolute Gasteiger partial charge is 0.481 e. The van der Waals surface area contributed by atoms with Crippen molar-refractivity contribution in [2.24, 2.45) is 50.2 Å². The third kappa shape index (κ3) is 2.93. The number of fused-ring (bicyclic) bond motifs is 7. The topological polar surface area (TPSA) is 57.5 Å². The van der Waals surface area contributed by atoms with E-state index in [1.165, 1.54) is 19.3 Å². The Morgan fingerprint density at radius 2 is 1.42 bits per heavy atom. The molecule has 0 aromatic heterocycles. The van der Waals surface area contributed by atoms with Crippen molar-refractivity contribution in [2.75, 3.05) is 0 Å². The fourth-order valence-electron chi connectivity index (χ4n) is 10.9. The number of aliphatic hydroxyl groups excluding tert-OH is 1. The van der Waals surface area contributed by atoms with Crippen LogP contribution in [0.3, 0.4) is 0 Å².